The van der Waals surface area contributed by atoms with Crippen LogP contribution in [0.1, 0.15) is 12.1 Å². The number of hydrogen-bond acceptors (Lipinski definition) is 6. The molecule has 2 heterocycles. The number of nitrogens with zero attached hydrogens (tertiary/aromatic N) is 3. The Bertz CT molecular complexity index is 1060. The maximum Gasteiger partial charge on any atom is 0.304 e. The van der Waals surface area contributed by atoms with Gasteiger partial charge >= 0.3 is 5.97 Å². The van der Waals surface area contributed by atoms with Crippen LogP contribution in [-0.2, 0) is 11.2 Å². The number of benzene rings is 1. The molecule has 0 spiro atoms. The molecule has 3 aromatic rings. The van der Waals surface area contributed by atoms with E-state index in [0.717, 1.165) is 12.1 Å². The molecule has 0 aliphatic carbocycles. The summed E-state index contributed by atoms with van der Waals surface area (Å²) in [4.78, 5) is 22.7. The maximum absolute atomic E-state index is 14.6. The third kappa shape index (κ3) is 6.06. The van der Waals surface area contributed by atoms with Crippen LogP contribution in [-0.4, -0.2) is 32.1 Å². The predicted molar refractivity (Wildman–Crippen MR) is 108 cm³/mol. The second-order valence-corrected chi connectivity index (χ2v) is 6.58. The zero-order chi connectivity index (χ0) is 21.0. The molecule has 0 aliphatic heterocycles. The van der Waals surface area contributed by atoms with Gasteiger partial charge in [0.15, 0.2) is 5.82 Å². The highest BCUT2D eigenvalue weighted by Crippen LogP contribution is 2.28. The average molecular weight is 457 g/mol. The Hall–Kier alpha value is -2.88. The van der Waals surface area contributed by atoms with E-state index in [0.29, 0.717) is 5.69 Å². The number of aromatic nitrogens is 3. The third-order valence-electron chi connectivity index (χ3n) is 3.80. The van der Waals surface area contributed by atoms with Gasteiger partial charge in [0.1, 0.15) is 11.6 Å². The smallest absolute Gasteiger partial charge is 0.304 e. The van der Waals surface area contributed by atoms with E-state index >= 15 is 0 Å². The number of carboxylic acids is 1. The molecule has 0 bridgehead atoms. The summed E-state index contributed by atoms with van der Waals surface area (Å²) in [6.45, 7) is 0. The van der Waals surface area contributed by atoms with Gasteiger partial charge in [-0.2, -0.15) is 0 Å². The third-order valence-corrected chi connectivity index (χ3v) is 4.00. The number of carboxylic acid groups (broad SMARTS) is 1. The lowest BCUT2D eigenvalue weighted by Gasteiger charge is -2.10. The van der Waals surface area contributed by atoms with E-state index in [9.17, 15) is 13.6 Å². The van der Waals surface area contributed by atoms with Gasteiger partial charge in [0, 0.05) is 36.5 Å². The molecule has 1 atom stereocenters. The normalized spacial score (nSPS) is 11.5. The van der Waals surface area contributed by atoms with E-state index in [1.807, 2.05) is 0 Å². The molecule has 0 fully saturated rings. The summed E-state index contributed by atoms with van der Waals surface area (Å²) >= 11 is 5.63. The van der Waals surface area contributed by atoms with Gasteiger partial charge in [-0.3, -0.25) is 9.78 Å². The van der Waals surface area contributed by atoms with Crippen molar-refractivity contribution in [2.45, 2.75) is 18.9 Å². The molecule has 1 unspecified atom stereocenters. The summed E-state index contributed by atoms with van der Waals surface area (Å²) in [5.41, 5.74) is 6.57. The lowest BCUT2D eigenvalue weighted by atomic mass is 10.1. The van der Waals surface area contributed by atoms with E-state index in [-0.39, 0.29) is 53.2 Å². The summed E-state index contributed by atoms with van der Waals surface area (Å²) in [7, 11) is 0. The average Bonchev–Trinajstić information content (AvgIpc) is 2.63. The fourth-order valence-corrected chi connectivity index (χ4v) is 2.70. The topological polar surface area (TPSA) is 111 Å². The van der Waals surface area contributed by atoms with Crippen molar-refractivity contribution in [1.82, 2.24) is 15.0 Å². The number of pyridine rings is 1. The molecule has 7 nitrogen and oxygen atoms in total. The molecule has 3 rings (SSSR count). The molecule has 0 amide bonds. The molecule has 11 heteroatoms. The second-order valence-electron chi connectivity index (χ2n) is 6.14. The minimum atomic E-state index is -1.02. The Morgan fingerprint density at radius 1 is 1.20 bits per heavy atom. The molecule has 3 N–H and O–H groups in total. The van der Waals surface area contributed by atoms with Gasteiger partial charge in [-0.1, -0.05) is 11.6 Å². The van der Waals surface area contributed by atoms with Crippen LogP contribution in [0.5, 0.6) is 11.6 Å². The summed E-state index contributed by atoms with van der Waals surface area (Å²) in [6, 6.07) is 4.29. The summed E-state index contributed by atoms with van der Waals surface area (Å²) in [6.07, 6.45) is 3.97. The van der Waals surface area contributed by atoms with E-state index in [4.69, 9.17) is 27.2 Å². The summed E-state index contributed by atoms with van der Waals surface area (Å²) in [5.74, 6) is -2.77. The van der Waals surface area contributed by atoms with Gasteiger partial charge in [0.25, 0.3) is 5.88 Å². The zero-order valence-electron chi connectivity index (χ0n) is 15.3. The van der Waals surface area contributed by atoms with E-state index in [1.165, 1.54) is 30.7 Å². The lowest BCUT2D eigenvalue weighted by molar-refractivity contribution is -0.137. The van der Waals surface area contributed by atoms with Crippen molar-refractivity contribution >= 4 is 30.0 Å². The van der Waals surface area contributed by atoms with Crippen molar-refractivity contribution in [3.05, 3.63) is 65.2 Å². The van der Waals surface area contributed by atoms with Crippen LogP contribution in [0, 0.1) is 11.6 Å². The Morgan fingerprint density at radius 2 is 1.97 bits per heavy atom. The van der Waals surface area contributed by atoms with Crippen molar-refractivity contribution < 1.29 is 23.4 Å². The molecular formula is C19H16Cl2F2N4O3. The number of aliphatic carboxylic acids is 1. The number of hydrogen-bond donors (Lipinski definition) is 2. The summed E-state index contributed by atoms with van der Waals surface area (Å²) in [5, 5.41) is 8.89. The first-order chi connectivity index (χ1) is 13.8. The molecule has 0 radical (unpaired) electrons. The number of nitrogens with two attached hydrogens (primary N) is 1. The first-order valence-corrected chi connectivity index (χ1v) is 8.76. The van der Waals surface area contributed by atoms with Crippen LogP contribution >= 0.6 is 24.0 Å². The quantitative estimate of drug-likeness (QED) is 0.551. The lowest BCUT2D eigenvalue weighted by Crippen LogP contribution is -2.26. The second kappa shape index (κ2) is 10.2. The standard InChI is InChI=1S/C19H15ClF2N4O3.ClH/c20-10-3-16(22)19(25-7-10)29-13-1-2-14(15(21)6-13)17-9-24-8-12(26-17)4-11(23)5-18(27)28;/h1-3,6-9,11H,4-5,23H2,(H,27,28);1H. The molecule has 1 aromatic carbocycles. The maximum atomic E-state index is 14.6. The van der Waals surface area contributed by atoms with Gasteiger partial charge in [-0.25, -0.2) is 18.7 Å². The SMILES string of the molecule is Cl.NC(CC(=O)O)Cc1cncc(-c2ccc(Oc3ncc(Cl)cc3F)cc2F)n1. The van der Waals surface area contributed by atoms with Crippen LogP contribution < -0.4 is 10.5 Å². The molecule has 158 valence electrons. The summed E-state index contributed by atoms with van der Waals surface area (Å²) < 4.78 is 33.6. The van der Waals surface area contributed by atoms with Crippen LogP contribution in [0.3, 0.4) is 0 Å². The molecule has 0 aliphatic rings. The van der Waals surface area contributed by atoms with Crippen molar-refractivity contribution in [2.75, 3.05) is 0 Å². The minimum Gasteiger partial charge on any atom is -0.481 e. The molecule has 0 saturated carbocycles. The van der Waals surface area contributed by atoms with Crippen LogP contribution in [0.15, 0.2) is 42.9 Å². The van der Waals surface area contributed by atoms with Gasteiger partial charge in [0.05, 0.1) is 29.0 Å². The Labute approximate surface area is 181 Å². The highest BCUT2D eigenvalue weighted by Gasteiger charge is 2.14. The monoisotopic (exact) mass is 456 g/mol. The van der Waals surface area contributed by atoms with Gasteiger partial charge in [0.2, 0.25) is 0 Å². The van der Waals surface area contributed by atoms with Gasteiger partial charge in [-0.05, 0) is 18.2 Å². The van der Waals surface area contributed by atoms with Crippen molar-refractivity contribution in [3.8, 4) is 22.9 Å². The number of rotatable bonds is 7. The largest absolute Gasteiger partial charge is 0.481 e. The van der Waals surface area contributed by atoms with Crippen LogP contribution in [0.4, 0.5) is 8.78 Å². The molecular weight excluding hydrogens is 441 g/mol. The highest BCUT2D eigenvalue weighted by molar-refractivity contribution is 6.30. The van der Waals surface area contributed by atoms with Crippen LogP contribution in [0.2, 0.25) is 5.02 Å². The number of ether oxygens (including phenoxy) is 1. The van der Waals surface area contributed by atoms with Crippen molar-refractivity contribution in [1.29, 1.82) is 0 Å². The minimum absolute atomic E-state index is 0. The van der Waals surface area contributed by atoms with Crippen LogP contribution in [0.25, 0.3) is 11.3 Å². The van der Waals surface area contributed by atoms with Gasteiger partial charge in [-0.15, -0.1) is 12.4 Å². The van der Waals surface area contributed by atoms with Crippen molar-refractivity contribution in [2.24, 2.45) is 5.73 Å². The highest BCUT2D eigenvalue weighted by atomic mass is 35.5. The molecule has 2 aromatic heterocycles. The Kier molecular flexibility index (Phi) is 7.99. The zero-order valence-corrected chi connectivity index (χ0v) is 16.8. The molecule has 30 heavy (non-hydrogen) atoms. The first kappa shape index (κ1) is 23.4. The number of halogens is 4. The van der Waals surface area contributed by atoms with Crippen molar-refractivity contribution in [3.63, 3.8) is 0 Å². The van der Waals surface area contributed by atoms with E-state index in [1.54, 1.807) is 0 Å². The fourth-order valence-electron chi connectivity index (χ4n) is 2.56. The Balaban J connectivity index is 0.00000320. The predicted octanol–water partition coefficient (Wildman–Crippen LogP) is 4.03. The van der Waals surface area contributed by atoms with Gasteiger partial charge < -0.3 is 15.6 Å². The van der Waals surface area contributed by atoms with E-state index < -0.39 is 23.6 Å². The molecule has 0 saturated heterocycles. The fraction of sp³-hybridized carbons (Fsp3) is 0.158. The first-order valence-electron chi connectivity index (χ1n) is 8.39. The Morgan fingerprint density at radius 3 is 2.63 bits per heavy atom. The number of carbonyl (C=O) groups is 1. The van der Waals surface area contributed by atoms with E-state index in [2.05, 4.69) is 15.0 Å².